The van der Waals surface area contributed by atoms with Gasteiger partial charge in [0.25, 0.3) is 11.8 Å². The van der Waals surface area contributed by atoms with Crippen molar-refractivity contribution in [2.45, 2.75) is 80.8 Å². The monoisotopic (exact) mass is 695 g/mol. The number of carbonyl (C=O) groups excluding carboxylic acids is 4. The van der Waals surface area contributed by atoms with Crippen LogP contribution in [0.3, 0.4) is 0 Å². The minimum atomic E-state index is -3.87. The summed E-state index contributed by atoms with van der Waals surface area (Å²) in [4.78, 5) is 61.2. The SMILES string of the molecule is CCOc1cc(O[C@@H]2C[C@H]3C(=O)N[C@]4(C(=O)NS(=O)(=O)C5CC5)C[C@H]4/C=C/CC[C@@H]4CC4[C@H](NC(=O)c4ccn(C)n4)C(=O)N3C2)ccn1. The van der Waals surface area contributed by atoms with Crippen LogP contribution in [0, 0.1) is 17.8 Å². The molecule has 3 aliphatic carbocycles. The van der Waals surface area contributed by atoms with Crippen molar-refractivity contribution in [3.8, 4) is 11.6 Å². The lowest BCUT2D eigenvalue weighted by atomic mass is 10.0. The average molecular weight is 696 g/mol. The lowest BCUT2D eigenvalue weighted by Crippen LogP contribution is -2.58. The summed E-state index contributed by atoms with van der Waals surface area (Å²) in [5.41, 5.74) is -1.30. The number of nitrogens with one attached hydrogen (secondary N) is 3. The Bertz CT molecular complexity index is 1790. The number of aryl methyl sites for hydroxylation is 1. The number of amides is 4. The van der Waals surface area contributed by atoms with Gasteiger partial charge in [0.2, 0.25) is 27.7 Å². The highest BCUT2D eigenvalue weighted by Crippen LogP contribution is 2.48. The third kappa shape index (κ3) is 6.87. The summed E-state index contributed by atoms with van der Waals surface area (Å²) in [6.07, 6.45) is 9.82. The van der Waals surface area contributed by atoms with Crippen LogP contribution in [0.4, 0.5) is 0 Å². The molecule has 4 heterocycles. The molecule has 2 aromatic heterocycles. The van der Waals surface area contributed by atoms with E-state index in [1.165, 1.54) is 9.58 Å². The maximum atomic E-state index is 14.5. The number of fused-ring (bicyclic) bond motifs is 3. The van der Waals surface area contributed by atoms with Crippen molar-refractivity contribution in [1.82, 2.24) is 35.0 Å². The Kier molecular flexibility index (Phi) is 8.61. The maximum absolute atomic E-state index is 14.5. The fourth-order valence-electron chi connectivity index (χ4n) is 7.09. The van der Waals surface area contributed by atoms with Crippen LogP contribution in [-0.2, 0) is 31.5 Å². The summed E-state index contributed by atoms with van der Waals surface area (Å²) in [5, 5.41) is 9.36. The molecule has 0 aromatic carbocycles. The number of hydrogen-bond donors (Lipinski definition) is 3. The number of sulfonamides is 1. The first-order chi connectivity index (χ1) is 23.5. The van der Waals surface area contributed by atoms with E-state index in [1.807, 2.05) is 19.1 Å². The van der Waals surface area contributed by atoms with Crippen molar-refractivity contribution in [3.63, 3.8) is 0 Å². The van der Waals surface area contributed by atoms with E-state index in [0.717, 1.165) is 12.8 Å². The van der Waals surface area contributed by atoms with Crippen molar-refractivity contribution >= 4 is 33.7 Å². The second-order valence-corrected chi connectivity index (χ2v) is 15.6. The molecule has 1 unspecified atom stereocenters. The number of allylic oxidation sites excluding steroid dienone is 1. The summed E-state index contributed by atoms with van der Waals surface area (Å²) in [7, 11) is -2.17. The smallest absolute Gasteiger partial charge is 0.272 e. The third-order valence-corrected chi connectivity index (χ3v) is 11.9. The Hall–Kier alpha value is -4.47. The summed E-state index contributed by atoms with van der Waals surface area (Å²) >= 11 is 0. The van der Waals surface area contributed by atoms with Crippen LogP contribution in [0.2, 0.25) is 0 Å². The molecule has 0 bridgehead atoms. The van der Waals surface area contributed by atoms with Gasteiger partial charge in [0.05, 0.1) is 18.4 Å². The van der Waals surface area contributed by atoms with Gasteiger partial charge in [0.1, 0.15) is 35.2 Å². The zero-order valence-corrected chi connectivity index (χ0v) is 28.2. The number of aromatic nitrogens is 3. The lowest BCUT2D eigenvalue weighted by Gasteiger charge is -2.30. The fourth-order valence-corrected chi connectivity index (χ4v) is 8.45. The zero-order chi connectivity index (χ0) is 34.5. The Morgan fingerprint density at radius 2 is 1.98 bits per heavy atom. The molecule has 0 radical (unpaired) electrons. The topological polar surface area (TPSA) is 191 Å². The molecule has 4 amide bonds. The van der Waals surface area contributed by atoms with Crippen LogP contribution < -0.4 is 24.8 Å². The molecule has 4 fully saturated rings. The molecule has 49 heavy (non-hydrogen) atoms. The van der Waals surface area contributed by atoms with Crippen LogP contribution in [-0.4, -0.2) is 93.8 Å². The van der Waals surface area contributed by atoms with Gasteiger partial charge in [0.15, 0.2) is 0 Å². The van der Waals surface area contributed by atoms with Crippen molar-refractivity contribution in [3.05, 3.63) is 48.4 Å². The number of hydrogen-bond acceptors (Lipinski definition) is 10. The quantitative estimate of drug-likeness (QED) is 0.317. The van der Waals surface area contributed by atoms with E-state index >= 15 is 0 Å². The van der Waals surface area contributed by atoms with E-state index in [4.69, 9.17) is 9.47 Å². The molecule has 2 aliphatic heterocycles. The van der Waals surface area contributed by atoms with E-state index in [0.29, 0.717) is 37.5 Å². The summed E-state index contributed by atoms with van der Waals surface area (Å²) in [6, 6.07) is 2.88. The molecule has 7 rings (SSSR count). The normalized spacial score (nSPS) is 31.6. The molecule has 5 aliphatic rings. The Labute approximate surface area is 284 Å². The molecule has 16 heteroatoms. The van der Waals surface area contributed by atoms with Gasteiger partial charge >= 0.3 is 0 Å². The predicted octanol–water partition coefficient (Wildman–Crippen LogP) is 0.830. The van der Waals surface area contributed by atoms with Crippen LogP contribution in [0.15, 0.2) is 42.7 Å². The fraction of sp³-hybridized carbons (Fsp3) is 0.576. The van der Waals surface area contributed by atoms with E-state index in [-0.39, 0.29) is 36.9 Å². The first kappa shape index (κ1) is 33.0. The van der Waals surface area contributed by atoms with Gasteiger partial charge in [-0.2, -0.15) is 5.10 Å². The van der Waals surface area contributed by atoms with E-state index < -0.39 is 68.5 Å². The van der Waals surface area contributed by atoms with Crippen LogP contribution in [0.25, 0.3) is 0 Å². The van der Waals surface area contributed by atoms with Gasteiger partial charge in [-0.05, 0) is 69.4 Å². The highest BCUT2D eigenvalue weighted by atomic mass is 32.2. The number of ether oxygens (including phenoxy) is 2. The van der Waals surface area contributed by atoms with Crippen molar-refractivity contribution in [2.75, 3.05) is 13.2 Å². The Balaban J connectivity index is 1.18. The molecule has 0 spiro atoms. The molecule has 3 saturated carbocycles. The van der Waals surface area contributed by atoms with Crippen LogP contribution in [0.5, 0.6) is 11.6 Å². The predicted molar refractivity (Wildman–Crippen MR) is 173 cm³/mol. The largest absolute Gasteiger partial charge is 0.488 e. The zero-order valence-electron chi connectivity index (χ0n) is 27.4. The highest BCUT2D eigenvalue weighted by molar-refractivity contribution is 7.91. The van der Waals surface area contributed by atoms with Gasteiger partial charge in [-0.25, -0.2) is 13.4 Å². The Morgan fingerprint density at radius 3 is 2.71 bits per heavy atom. The van der Waals surface area contributed by atoms with Gasteiger partial charge in [-0.15, -0.1) is 0 Å². The minimum Gasteiger partial charge on any atom is -0.488 e. The molecular weight excluding hydrogens is 654 g/mol. The first-order valence-corrected chi connectivity index (χ1v) is 18.4. The average Bonchev–Trinajstić information content (AvgIpc) is 4.01. The molecular formula is C33H41N7O8S. The lowest BCUT2D eigenvalue weighted by molar-refractivity contribution is -0.141. The first-order valence-electron chi connectivity index (χ1n) is 16.9. The number of carbonyl (C=O) groups is 4. The van der Waals surface area contributed by atoms with E-state index in [9.17, 15) is 27.6 Å². The van der Waals surface area contributed by atoms with Crippen LogP contribution >= 0.6 is 0 Å². The molecule has 15 nitrogen and oxygen atoms in total. The van der Waals surface area contributed by atoms with E-state index in [2.05, 4.69) is 25.4 Å². The maximum Gasteiger partial charge on any atom is 0.272 e. The van der Waals surface area contributed by atoms with Gasteiger partial charge in [-0.3, -0.25) is 28.6 Å². The molecule has 2 aromatic rings. The molecule has 3 N–H and O–H groups in total. The molecule has 7 atom stereocenters. The van der Waals surface area contributed by atoms with Gasteiger partial charge in [-0.1, -0.05) is 12.2 Å². The minimum absolute atomic E-state index is 0.0368. The summed E-state index contributed by atoms with van der Waals surface area (Å²) in [5.74, 6) is -1.86. The van der Waals surface area contributed by atoms with Crippen molar-refractivity contribution < 1.29 is 37.1 Å². The molecule has 1 saturated heterocycles. The Morgan fingerprint density at radius 1 is 1.16 bits per heavy atom. The number of rotatable bonds is 9. The number of pyridine rings is 1. The van der Waals surface area contributed by atoms with Crippen molar-refractivity contribution in [1.29, 1.82) is 0 Å². The standard InChI is InChI=1S/C33H41N7O8S/c1-3-47-27-16-21(10-12-34-27)48-22-15-26-30(42)36-33(32(44)38-49(45,46)23-8-9-23)17-20(33)7-5-4-6-19-14-24(19)28(31(43)40(26)18-22)35-29(41)25-11-13-39(2)37-25/h5,7,10-13,16,19-20,22-24,26,28H,3-4,6,8-9,14-15,17-18H2,1-2H3,(H,35,41)(H,36,42)(H,38,44)/b7-5+/t19-,20-,22-,24?,26+,28+,33-/m1/s1. The summed E-state index contributed by atoms with van der Waals surface area (Å²) < 4.78 is 41.0. The van der Waals surface area contributed by atoms with E-state index in [1.54, 1.807) is 37.6 Å². The van der Waals surface area contributed by atoms with Crippen LogP contribution in [0.1, 0.15) is 62.4 Å². The van der Waals surface area contributed by atoms with Gasteiger partial charge < -0.3 is 25.0 Å². The second kappa shape index (κ2) is 12.8. The number of nitrogens with zero attached hydrogens (tertiary/aromatic N) is 4. The second-order valence-electron chi connectivity index (χ2n) is 13.7. The highest BCUT2D eigenvalue weighted by Gasteiger charge is 2.62. The third-order valence-electron chi connectivity index (χ3n) is 10.1. The van der Waals surface area contributed by atoms with Gasteiger partial charge in [0, 0.05) is 37.8 Å². The summed E-state index contributed by atoms with van der Waals surface area (Å²) in [6.45, 7) is 2.28. The molecule has 262 valence electrons. The van der Waals surface area contributed by atoms with Crippen molar-refractivity contribution in [2.24, 2.45) is 24.8 Å².